The lowest BCUT2D eigenvalue weighted by atomic mass is 9.99. The molecule has 0 aliphatic rings. The number of aromatic nitrogens is 3. The number of benzene rings is 2. The Morgan fingerprint density at radius 2 is 1.71 bits per heavy atom. The van der Waals surface area contributed by atoms with E-state index in [-0.39, 0.29) is 11.9 Å². The molecule has 34 heavy (non-hydrogen) atoms. The van der Waals surface area contributed by atoms with Gasteiger partial charge in [0, 0.05) is 50.8 Å². The maximum atomic E-state index is 12.8. The second kappa shape index (κ2) is 9.37. The Morgan fingerprint density at radius 1 is 0.941 bits per heavy atom. The summed E-state index contributed by atoms with van der Waals surface area (Å²) in [4.78, 5) is 25.3. The van der Waals surface area contributed by atoms with Crippen molar-refractivity contribution in [3.05, 3.63) is 119 Å². The van der Waals surface area contributed by atoms with E-state index in [1.54, 1.807) is 36.7 Å². The third kappa shape index (κ3) is 4.49. The van der Waals surface area contributed by atoms with E-state index in [0.717, 1.165) is 33.7 Å². The number of aromatic amines is 1. The quantitative estimate of drug-likeness (QED) is 0.271. The fourth-order valence-corrected chi connectivity index (χ4v) is 4.16. The number of nitrogens with zero attached hydrogens (tertiary/aromatic N) is 2. The van der Waals surface area contributed by atoms with Gasteiger partial charge in [-0.2, -0.15) is 0 Å². The van der Waals surface area contributed by atoms with Crippen LogP contribution in [0.5, 0.6) is 0 Å². The highest BCUT2D eigenvalue weighted by Crippen LogP contribution is 2.35. The van der Waals surface area contributed by atoms with Crippen molar-refractivity contribution in [2.45, 2.75) is 13.0 Å². The molecule has 168 valence electrons. The molecule has 5 aromatic rings. The number of hydrogen-bond donors (Lipinski definition) is 3. The van der Waals surface area contributed by atoms with E-state index in [1.807, 2.05) is 61.5 Å². The summed E-state index contributed by atoms with van der Waals surface area (Å²) in [5.74, 6) is 0.553. The van der Waals surface area contributed by atoms with E-state index in [2.05, 4.69) is 25.6 Å². The Hall–Kier alpha value is -4.16. The van der Waals surface area contributed by atoms with E-state index in [1.165, 1.54) is 0 Å². The van der Waals surface area contributed by atoms with Crippen LogP contribution < -0.4 is 10.6 Å². The molecule has 0 radical (unpaired) electrons. The van der Waals surface area contributed by atoms with Crippen LogP contribution in [0.4, 0.5) is 11.5 Å². The fourth-order valence-electron chi connectivity index (χ4n) is 4.04. The molecule has 2 aromatic carbocycles. The minimum atomic E-state index is -0.243. The summed E-state index contributed by atoms with van der Waals surface area (Å²) in [5, 5.41) is 8.10. The van der Waals surface area contributed by atoms with Gasteiger partial charge in [0.1, 0.15) is 5.82 Å². The minimum Gasteiger partial charge on any atom is -0.358 e. The topological polar surface area (TPSA) is 82.7 Å². The van der Waals surface area contributed by atoms with Crippen molar-refractivity contribution >= 4 is 39.9 Å². The zero-order valence-corrected chi connectivity index (χ0v) is 19.2. The molecule has 6 nitrogen and oxygen atoms in total. The highest BCUT2D eigenvalue weighted by atomic mass is 35.5. The predicted octanol–water partition coefficient (Wildman–Crippen LogP) is 6.37. The van der Waals surface area contributed by atoms with Gasteiger partial charge in [0.15, 0.2) is 0 Å². The van der Waals surface area contributed by atoms with Gasteiger partial charge in [-0.15, -0.1) is 0 Å². The average molecular weight is 468 g/mol. The molecule has 7 heteroatoms. The molecule has 3 N–H and O–H groups in total. The second-order valence-corrected chi connectivity index (χ2v) is 8.37. The monoisotopic (exact) mass is 467 g/mol. The first-order valence-electron chi connectivity index (χ1n) is 10.9. The largest absolute Gasteiger partial charge is 0.358 e. The summed E-state index contributed by atoms with van der Waals surface area (Å²) in [6, 6.07) is 24.0. The molecule has 1 amide bonds. The van der Waals surface area contributed by atoms with Crippen molar-refractivity contribution in [2.24, 2.45) is 0 Å². The van der Waals surface area contributed by atoms with Gasteiger partial charge in [0.25, 0.3) is 5.91 Å². The molecular weight excluding hydrogens is 446 g/mol. The van der Waals surface area contributed by atoms with E-state index in [9.17, 15) is 4.79 Å². The summed E-state index contributed by atoms with van der Waals surface area (Å²) >= 11 is 5.95. The average Bonchev–Trinajstić information content (AvgIpc) is 3.19. The number of anilines is 2. The number of pyridine rings is 2. The van der Waals surface area contributed by atoms with Crippen LogP contribution >= 0.6 is 11.6 Å². The molecule has 0 fully saturated rings. The van der Waals surface area contributed by atoms with Gasteiger partial charge in [-0.3, -0.25) is 9.78 Å². The fraction of sp³-hybridized carbons (Fsp3) is 0.0741. The number of halogens is 1. The predicted molar refractivity (Wildman–Crippen MR) is 136 cm³/mol. The maximum Gasteiger partial charge on any atom is 0.255 e. The molecule has 3 heterocycles. The molecular formula is C27H22ClN5O. The standard InChI is InChI=1S/C27H22ClN5O/c1-17-25(26(23-6-2-4-14-29-23)33-24-7-3-5-15-30-24)21-16-20(12-13-22(21)31-17)32-27(34)18-8-10-19(28)11-9-18/h2-16,26,31H,1H3,(H,30,33)(H,32,34)/t26-/m0/s1. The third-order valence-corrected chi connectivity index (χ3v) is 5.88. The molecule has 5 rings (SSSR count). The molecule has 3 aromatic heterocycles. The van der Waals surface area contributed by atoms with Gasteiger partial charge in [0.05, 0.1) is 11.7 Å². The Kier molecular flexibility index (Phi) is 5.97. The lowest BCUT2D eigenvalue weighted by Crippen LogP contribution is -2.15. The number of nitrogens with one attached hydrogen (secondary N) is 3. The van der Waals surface area contributed by atoms with Crippen molar-refractivity contribution in [1.82, 2.24) is 15.0 Å². The number of carbonyl (C=O) groups excluding carboxylic acids is 1. The number of fused-ring (bicyclic) bond motifs is 1. The van der Waals surface area contributed by atoms with Crippen LogP contribution in [0, 0.1) is 6.92 Å². The van der Waals surface area contributed by atoms with Gasteiger partial charge in [0.2, 0.25) is 0 Å². The van der Waals surface area contributed by atoms with Crippen LogP contribution in [0.1, 0.15) is 33.4 Å². The minimum absolute atomic E-state index is 0.197. The number of hydrogen-bond acceptors (Lipinski definition) is 4. The van der Waals surface area contributed by atoms with Crippen LogP contribution in [0.25, 0.3) is 10.9 Å². The van der Waals surface area contributed by atoms with E-state index in [4.69, 9.17) is 11.6 Å². The SMILES string of the molecule is Cc1[nH]c2ccc(NC(=O)c3ccc(Cl)cc3)cc2c1[C@@H](Nc1ccccn1)c1ccccn1. The van der Waals surface area contributed by atoms with Gasteiger partial charge in [-0.25, -0.2) is 4.98 Å². The molecule has 0 spiro atoms. The molecule has 1 atom stereocenters. The molecule has 0 bridgehead atoms. The van der Waals surface area contributed by atoms with Crippen LogP contribution in [0.2, 0.25) is 5.02 Å². The molecule has 0 saturated carbocycles. The van der Waals surface area contributed by atoms with E-state index in [0.29, 0.717) is 16.3 Å². The highest BCUT2D eigenvalue weighted by Gasteiger charge is 2.23. The van der Waals surface area contributed by atoms with E-state index >= 15 is 0 Å². The molecule has 0 aliphatic carbocycles. The van der Waals surface area contributed by atoms with Gasteiger partial charge in [-0.1, -0.05) is 23.7 Å². The van der Waals surface area contributed by atoms with Crippen LogP contribution in [0.3, 0.4) is 0 Å². The van der Waals surface area contributed by atoms with Crippen LogP contribution in [0.15, 0.2) is 91.3 Å². The van der Waals surface area contributed by atoms with Crippen molar-refractivity contribution in [1.29, 1.82) is 0 Å². The first-order valence-corrected chi connectivity index (χ1v) is 11.2. The Balaban J connectivity index is 1.55. The maximum absolute atomic E-state index is 12.8. The Bertz CT molecular complexity index is 1430. The number of H-pyrrole nitrogens is 1. The van der Waals surface area contributed by atoms with Gasteiger partial charge < -0.3 is 15.6 Å². The van der Waals surface area contributed by atoms with E-state index < -0.39 is 0 Å². The number of rotatable bonds is 6. The van der Waals surface area contributed by atoms with Gasteiger partial charge in [-0.05, 0) is 73.7 Å². The molecule has 0 saturated heterocycles. The van der Waals surface area contributed by atoms with Crippen molar-refractivity contribution < 1.29 is 4.79 Å². The molecule has 0 aliphatic heterocycles. The highest BCUT2D eigenvalue weighted by molar-refractivity contribution is 6.30. The van der Waals surface area contributed by atoms with Crippen molar-refractivity contribution in [3.8, 4) is 0 Å². The number of amides is 1. The van der Waals surface area contributed by atoms with Crippen LogP contribution in [-0.2, 0) is 0 Å². The second-order valence-electron chi connectivity index (χ2n) is 7.93. The smallest absolute Gasteiger partial charge is 0.255 e. The summed E-state index contributed by atoms with van der Waals surface area (Å²) in [6.45, 7) is 2.04. The summed E-state index contributed by atoms with van der Waals surface area (Å²) in [6.07, 6.45) is 3.54. The zero-order chi connectivity index (χ0) is 23.5. The third-order valence-electron chi connectivity index (χ3n) is 5.63. The normalized spacial score (nSPS) is 11.8. The summed E-state index contributed by atoms with van der Waals surface area (Å²) in [7, 11) is 0. The Morgan fingerprint density at radius 3 is 2.41 bits per heavy atom. The summed E-state index contributed by atoms with van der Waals surface area (Å²) < 4.78 is 0. The molecule has 0 unspecified atom stereocenters. The number of aryl methyl sites for hydroxylation is 1. The lowest BCUT2D eigenvalue weighted by molar-refractivity contribution is 0.102. The summed E-state index contributed by atoms with van der Waals surface area (Å²) in [5.41, 5.74) is 5.13. The van der Waals surface area contributed by atoms with Crippen LogP contribution in [-0.4, -0.2) is 20.9 Å². The first kappa shape index (κ1) is 21.7. The first-order chi connectivity index (χ1) is 16.6. The lowest BCUT2D eigenvalue weighted by Gasteiger charge is -2.20. The van der Waals surface area contributed by atoms with Crippen molar-refractivity contribution in [2.75, 3.05) is 10.6 Å². The Labute approximate surface area is 202 Å². The van der Waals surface area contributed by atoms with Crippen molar-refractivity contribution in [3.63, 3.8) is 0 Å². The number of carbonyl (C=O) groups is 1. The van der Waals surface area contributed by atoms with Gasteiger partial charge >= 0.3 is 0 Å². The zero-order valence-electron chi connectivity index (χ0n) is 18.4.